The van der Waals surface area contributed by atoms with Gasteiger partial charge in [-0.05, 0) is 19.4 Å². The van der Waals surface area contributed by atoms with Crippen LogP contribution in [0.5, 0.6) is 11.5 Å². The van der Waals surface area contributed by atoms with E-state index in [2.05, 4.69) is 20.4 Å². The lowest BCUT2D eigenvalue weighted by Crippen LogP contribution is -2.33. The number of rotatable bonds is 7. The number of benzene rings is 1. The van der Waals surface area contributed by atoms with Crippen molar-refractivity contribution in [1.82, 2.24) is 15.0 Å². The zero-order chi connectivity index (χ0) is 19.4. The molecule has 3 rings (SSSR count). The predicted molar refractivity (Wildman–Crippen MR) is 100 cm³/mol. The van der Waals surface area contributed by atoms with E-state index in [4.69, 9.17) is 14.0 Å². The molecule has 0 bridgehead atoms. The molecule has 0 aliphatic carbocycles. The Balaban J connectivity index is 1.66. The summed E-state index contributed by atoms with van der Waals surface area (Å²) in [6.07, 6.45) is 1.89. The normalized spacial score (nSPS) is 17.3. The summed E-state index contributed by atoms with van der Waals surface area (Å²) in [6.45, 7) is 5.12. The highest BCUT2D eigenvalue weighted by Gasteiger charge is 2.32. The molecule has 2 heterocycles. The Morgan fingerprint density at radius 1 is 1.30 bits per heavy atom. The van der Waals surface area contributed by atoms with E-state index in [9.17, 15) is 4.79 Å². The summed E-state index contributed by atoms with van der Waals surface area (Å²) in [5, 5.41) is 6.95. The first-order valence-electron chi connectivity index (χ1n) is 9.10. The van der Waals surface area contributed by atoms with Crippen LogP contribution in [0.2, 0.25) is 0 Å². The van der Waals surface area contributed by atoms with Crippen LogP contribution >= 0.6 is 0 Å². The fraction of sp³-hybridized carbons (Fsp3) is 0.526. The predicted octanol–water partition coefficient (Wildman–Crippen LogP) is 2.99. The minimum Gasteiger partial charge on any atom is -0.497 e. The van der Waals surface area contributed by atoms with Gasteiger partial charge >= 0.3 is 0 Å². The maximum absolute atomic E-state index is 12.6. The van der Waals surface area contributed by atoms with E-state index in [1.165, 1.54) is 0 Å². The van der Waals surface area contributed by atoms with Crippen LogP contribution in [0.25, 0.3) is 0 Å². The summed E-state index contributed by atoms with van der Waals surface area (Å²) in [5.41, 5.74) is 0.631. The number of likely N-dealkylation sites (tertiary alicyclic amines) is 1. The maximum atomic E-state index is 12.6. The van der Waals surface area contributed by atoms with E-state index in [0.29, 0.717) is 28.9 Å². The molecule has 27 heavy (non-hydrogen) atoms. The third-order valence-corrected chi connectivity index (χ3v) is 4.60. The van der Waals surface area contributed by atoms with Gasteiger partial charge in [-0.25, -0.2) is 0 Å². The van der Waals surface area contributed by atoms with Crippen LogP contribution in [-0.4, -0.2) is 48.3 Å². The molecule has 0 radical (unpaired) electrons. The Hall–Kier alpha value is -2.61. The van der Waals surface area contributed by atoms with Crippen LogP contribution in [0.4, 0.5) is 5.69 Å². The van der Waals surface area contributed by atoms with Gasteiger partial charge in [-0.3, -0.25) is 9.69 Å². The fourth-order valence-corrected chi connectivity index (χ4v) is 3.18. The highest BCUT2D eigenvalue weighted by Crippen LogP contribution is 2.31. The molecular weight excluding hydrogens is 348 g/mol. The van der Waals surface area contributed by atoms with Crippen molar-refractivity contribution in [2.45, 2.75) is 38.6 Å². The largest absolute Gasteiger partial charge is 0.497 e. The van der Waals surface area contributed by atoms with Crippen molar-refractivity contribution in [3.05, 3.63) is 29.9 Å². The van der Waals surface area contributed by atoms with Crippen LogP contribution in [0.3, 0.4) is 0 Å². The molecule has 0 saturated carbocycles. The van der Waals surface area contributed by atoms with Crippen molar-refractivity contribution in [2.24, 2.45) is 0 Å². The molecule has 1 saturated heterocycles. The second kappa shape index (κ2) is 8.39. The van der Waals surface area contributed by atoms with Crippen molar-refractivity contribution >= 4 is 11.6 Å². The van der Waals surface area contributed by atoms with E-state index in [-0.39, 0.29) is 24.4 Å². The minimum atomic E-state index is -0.110. The van der Waals surface area contributed by atoms with Gasteiger partial charge < -0.3 is 19.3 Å². The van der Waals surface area contributed by atoms with Gasteiger partial charge in [0.15, 0.2) is 5.82 Å². The number of anilines is 1. The van der Waals surface area contributed by atoms with Crippen molar-refractivity contribution < 1.29 is 18.8 Å². The van der Waals surface area contributed by atoms with Gasteiger partial charge in [0.1, 0.15) is 11.5 Å². The molecule has 1 N–H and O–H groups in total. The van der Waals surface area contributed by atoms with E-state index in [1.54, 1.807) is 32.4 Å². The van der Waals surface area contributed by atoms with Gasteiger partial charge in [0.2, 0.25) is 11.8 Å². The Morgan fingerprint density at radius 3 is 2.59 bits per heavy atom. The van der Waals surface area contributed by atoms with Gasteiger partial charge in [-0.15, -0.1) is 0 Å². The molecule has 146 valence electrons. The number of nitrogens with zero attached hydrogens (tertiary/aromatic N) is 3. The van der Waals surface area contributed by atoms with Crippen molar-refractivity contribution in [3.63, 3.8) is 0 Å². The Labute approximate surface area is 158 Å². The summed E-state index contributed by atoms with van der Waals surface area (Å²) in [4.78, 5) is 19.1. The number of carbonyl (C=O) groups excluding carboxylic acids is 1. The zero-order valence-corrected chi connectivity index (χ0v) is 16.2. The second-order valence-corrected chi connectivity index (χ2v) is 6.92. The highest BCUT2D eigenvalue weighted by molar-refractivity contribution is 5.92. The highest BCUT2D eigenvalue weighted by atomic mass is 16.5. The minimum absolute atomic E-state index is 0.0180. The monoisotopic (exact) mass is 374 g/mol. The van der Waals surface area contributed by atoms with Gasteiger partial charge in [-0.2, -0.15) is 4.98 Å². The van der Waals surface area contributed by atoms with Crippen LogP contribution in [0.15, 0.2) is 22.7 Å². The summed E-state index contributed by atoms with van der Waals surface area (Å²) < 4.78 is 15.9. The lowest BCUT2D eigenvalue weighted by atomic mass is 10.2. The molecule has 1 aromatic heterocycles. The third-order valence-electron chi connectivity index (χ3n) is 4.60. The number of hydrogen-bond donors (Lipinski definition) is 1. The summed E-state index contributed by atoms with van der Waals surface area (Å²) >= 11 is 0. The average Bonchev–Trinajstić information content (AvgIpc) is 3.30. The number of ether oxygens (including phenoxy) is 2. The molecule has 1 aromatic carbocycles. The molecule has 8 nitrogen and oxygen atoms in total. The molecule has 1 unspecified atom stereocenters. The van der Waals surface area contributed by atoms with Crippen molar-refractivity contribution in [2.75, 3.05) is 32.6 Å². The van der Waals surface area contributed by atoms with Crippen LogP contribution in [0, 0.1) is 0 Å². The lowest BCUT2D eigenvalue weighted by Gasteiger charge is -2.21. The van der Waals surface area contributed by atoms with E-state index < -0.39 is 0 Å². The Kier molecular flexibility index (Phi) is 5.95. The number of hydrogen-bond acceptors (Lipinski definition) is 7. The smallest absolute Gasteiger partial charge is 0.244 e. The zero-order valence-electron chi connectivity index (χ0n) is 16.2. The maximum Gasteiger partial charge on any atom is 0.244 e. The lowest BCUT2D eigenvalue weighted by molar-refractivity contribution is -0.117. The van der Waals surface area contributed by atoms with Crippen LogP contribution in [0.1, 0.15) is 50.4 Å². The summed E-state index contributed by atoms with van der Waals surface area (Å²) in [6, 6.07) is 5.26. The van der Waals surface area contributed by atoms with E-state index >= 15 is 0 Å². The molecular formula is C19H26N4O4. The average molecular weight is 374 g/mol. The first-order chi connectivity index (χ1) is 13.0. The molecule has 1 aliphatic heterocycles. The molecule has 1 fully saturated rings. The number of carbonyl (C=O) groups is 1. The summed E-state index contributed by atoms with van der Waals surface area (Å²) in [7, 11) is 3.15. The first-order valence-corrected chi connectivity index (χ1v) is 9.10. The third kappa shape index (κ3) is 4.57. The second-order valence-electron chi connectivity index (χ2n) is 6.92. The van der Waals surface area contributed by atoms with Gasteiger partial charge in [-0.1, -0.05) is 19.0 Å². The van der Waals surface area contributed by atoms with Gasteiger partial charge in [0, 0.05) is 29.8 Å². The topological polar surface area (TPSA) is 89.7 Å². The molecule has 2 aromatic rings. The quantitative estimate of drug-likeness (QED) is 0.797. The number of methoxy groups -OCH3 is 2. The summed E-state index contributed by atoms with van der Waals surface area (Å²) in [5.74, 6) is 2.63. The van der Waals surface area contributed by atoms with E-state index in [1.807, 2.05) is 13.8 Å². The van der Waals surface area contributed by atoms with E-state index in [0.717, 1.165) is 19.4 Å². The van der Waals surface area contributed by atoms with Crippen LogP contribution in [-0.2, 0) is 4.79 Å². The molecule has 1 amide bonds. The molecule has 1 atom stereocenters. The van der Waals surface area contributed by atoms with Gasteiger partial charge in [0.25, 0.3) is 0 Å². The Bertz CT molecular complexity index is 768. The molecule has 8 heteroatoms. The molecule has 0 spiro atoms. The standard InChI is InChI=1S/C19H26N4O4/c1-12(2)18-21-19(27-22-18)16-6-5-7-23(16)11-17(24)20-13-8-14(25-3)10-15(9-13)26-4/h8-10,12,16H,5-7,11H2,1-4H3,(H,20,24). The Morgan fingerprint density at radius 2 is 2.00 bits per heavy atom. The van der Waals surface area contributed by atoms with Crippen LogP contribution < -0.4 is 14.8 Å². The van der Waals surface area contributed by atoms with Crippen molar-refractivity contribution in [3.8, 4) is 11.5 Å². The fourth-order valence-electron chi connectivity index (χ4n) is 3.18. The SMILES string of the molecule is COc1cc(NC(=O)CN2CCCC2c2nc(C(C)C)no2)cc(OC)c1. The number of aromatic nitrogens is 2. The number of amides is 1. The first kappa shape index (κ1) is 19.2. The van der Waals surface area contributed by atoms with Crippen molar-refractivity contribution in [1.29, 1.82) is 0 Å². The molecule has 1 aliphatic rings. The number of nitrogens with one attached hydrogen (secondary N) is 1. The van der Waals surface area contributed by atoms with Gasteiger partial charge in [0.05, 0.1) is 26.8 Å².